The highest BCUT2D eigenvalue weighted by Crippen LogP contribution is 2.28. The van der Waals surface area contributed by atoms with Gasteiger partial charge in [-0.25, -0.2) is 13.4 Å². The summed E-state index contributed by atoms with van der Waals surface area (Å²) in [7, 11) is -3.65. The van der Waals surface area contributed by atoms with Gasteiger partial charge in [0.05, 0.1) is 4.90 Å². The smallest absolute Gasteiger partial charge is 0.243 e. The number of rotatable bonds is 6. The molecule has 8 heteroatoms. The van der Waals surface area contributed by atoms with Crippen LogP contribution in [0.1, 0.15) is 13.8 Å². The van der Waals surface area contributed by atoms with Crippen LogP contribution in [0, 0.1) is 11.8 Å². The van der Waals surface area contributed by atoms with Gasteiger partial charge in [-0.2, -0.15) is 4.31 Å². The Morgan fingerprint density at radius 3 is 2.33 bits per heavy atom. The first-order valence-electron chi connectivity index (χ1n) is 10.9. The number of hydrogen-bond donors (Lipinski definition) is 2. The first-order chi connectivity index (χ1) is 15.8. The minimum absolute atomic E-state index is 0.0210. The molecule has 2 heterocycles. The van der Waals surface area contributed by atoms with Gasteiger partial charge >= 0.3 is 0 Å². The standard InChI is InChI=1S/C25H28N4O3S/c1-4-24(30)28-25-17(2)15-29(16-18(25)3)33(31,32)22-11-9-21(10-12-22)27-23-13-19-7-5-6-8-20(19)14-26-23/h4-14,17-18,25H,1,15-16H2,2-3H3,(H,26,27)(H,28,30). The van der Waals surface area contributed by atoms with E-state index in [4.69, 9.17) is 0 Å². The third-order valence-electron chi connectivity index (χ3n) is 6.10. The lowest BCUT2D eigenvalue weighted by molar-refractivity contribution is -0.118. The molecule has 172 valence electrons. The van der Waals surface area contributed by atoms with Crippen LogP contribution in [0.3, 0.4) is 0 Å². The maximum absolute atomic E-state index is 13.3. The fourth-order valence-corrected chi connectivity index (χ4v) is 6.01. The van der Waals surface area contributed by atoms with Gasteiger partial charge in [0.15, 0.2) is 0 Å². The molecule has 2 unspecified atom stereocenters. The van der Waals surface area contributed by atoms with E-state index in [1.165, 1.54) is 10.4 Å². The summed E-state index contributed by atoms with van der Waals surface area (Å²) >= 11 is 0. The van der Waals surface area contributed by atoms with Crippen molar-refractivity contribution in [2.24, 2.45) is 11.8 Å². The number of amides is 1. The monoisotopic (exact) mass is 464 g/mol. The molecule has 4 rings (SSSR count). The molecule has 1 aliphatic heterocycles. The summed E-state index contributed by atoms with van der Waals surface area (Å²) in [4.78, 5) is 16.4. The van der Waals surface area contributed by atoms with E-state index in [2.05, 4.69) is 22.2 Å². The van der Waals surface area contributed by atoms with Crippen molar-refractivity contribution in [3.63, 3.8) is 0 Å². The third kappa shape index (κ3) is 4.91. The van der Waals surface area contributed by atoms with E-state index < -0.39 is 10.0 Å². The predicted octanol–water partition coefficient (Wildman–Crippen LogP) is 3.93. The summed E-state index contributed by atoms with van der Waals surface area (Å²) in [6, 6.07) is 16.5. The molecule has 3 aromatic rings. The molecule has 1 fully saturated rings. The molecular weight excluding hydrogens is 436 g/mol. The van der Waals surface area contributed by atoms with Crippen molar-refractivity contribution < 1.29 is 13.2 Å². The van der Waals surface area contributed by atoms with Crippen molar-refractivity contribution in [2.45, 2.75) is 24.8 Å². The number of pyridine rings is 1. The Kier molecular flexibility index (Phi) is 6.49. The molecule has 0 aliphatic carbocycles. The molecule has 33 heavy (non-hydrogen) atoms. The van der Waals surface area contributed by atoms with E-state index in [1.807, 2.05) is 44.2 Å². The number of nitrogens with zero attached hydrogens (tertiary/aromatic N) is 2. The van der Waals surface area contributed by atoms with E-state index in [-0.39, 0.29) is 28.7 Å². The minimum Gasteiger partial charge on any atom is -0.349 e. The molecule has 2 atom stereocenters. The van der Waals surface area contributed by atoms with Gasteiger partial charge in [-0.1, -0.05) is 44.7 Å². The zero-order chi connectivity index (χ0) is 23.6. The number of sulfonamides is 1. The molecule has 1 aliphatic rings. The second kappa shape index (κ2) is 9.33. The van der Waals surface area contributed by atoms with Crippen molar-refractivity contribution in [2.75, 3.05) is 18.4 Å². The lowest BCUT2D eigenvalue weighted by Gasteiger charge is -2.40. The maximum Gasteiger partial charge on any atom is 0.243 e. The molecule has 0 spiro atoms. The van der Waals surface area contributed by atoms with E-state index in [0.29, 0.717) is 18.9 Å². The summed E-state index contributed by atoms with van der Waals surface area (Å²) in [5.74, 6) is 0.411. The number of hydrogen-bond acceptors (Lipinski definition) is 5. The summed E-state index contributed by atoms with van der Waals surface area (Å²) in [6.07, 6.45) is 3.05. The van der Waals surface area contributed by atoms with Crippen LogP contribution >= 0.6 is 0 Å². The van der Waals surface area contributed by atoms with Crippen molar-refractivity contribution in [3.05, 3.63) is 73.4 Å². The lowest BCUT2D eigenvalue weighted by atomic mass is 9.87. The highest BCUT2D eigenvalue weighted by Gasteiger charge is 2.38. The van der Waals surface area contributed by atoms with Gasteiger partial charge in [-0.05, 0) is 53.6 Å². The van der Waals surface area contributed by atoms with Gasteiger partial charge in [0.2, 0.25) is 15.9 Å². The number of nitrogens with one attached hydrogen (secondary N) is 2. The number of carbonyl (C=O) groups is 1. The van der Waals surface area contributed by atoms with Gasteiger partial charge in [0, 0.05) is 36.4 Å². The minimum atomic E-state index is -3.65. The van der Waals surface area contributed by atoms with Crippen molar-refractivity contribution in [1.29, 1.82) is 0 Å². The fraction of sp³-hybridized carbons (Fsp3) is 0.280. The summed E-state index contributed by atoms with van der Waals surface area (Å²) < 4.78 is 28.0. The topological polar surface area (TPSA) is 91.4 Å². The van der Waals surface area contributed by atoms with E-state index in [0.717, 1.165) is 16.5 Å². The number of carbonyl (C=O) groups excluding carboxylic acids is 1. The Balaban J connectivity index is 1.47. The Labute approximate surface area is 194 Å². The van der Waals surface area contributed by atoms with Crippen molar-refractivity contribution in [1.82, 2.24) is 14.6 Å². The Morgan fingerprint density at radius 1 is 1.06 bits per heavy atom. The van der Waals surface area contributed by atoms with E-state index in [1.54, 1.807) is 30.5 Å². The molecule has 2 N–H and O–H groups in total. The Hall–Kier alpha value is -3.23. The number of benzene rings is 2. The van der Waals surface area contributed by atoms with Crippen LogP contribution in [0.5, 0.6) is 0 Å². The van der Waals surface area contributed by atoms with Gasteiger partial charge in [-0.15, -0.1) is 0 Å². The fourth-order valence-electron chi connectivity index (χ4n) is 4.37. The molecule has 7 nitrogen and oxygen atoms in total. The highest BCUT2D eigenvalue weighted by molar-refractivity contribution is 7.89. The summed E-state index contributed by atoms with van der Waals surface area (Å²) in [6.45, 7) is 8.08. The largest absolute Gasteiger partial charge is 0.349 e. The van der Waals surface area contributed by atoms with Gasteiger partial charge in [0.25, 0.3) is 0 Å². The first-order valence-corrected chi connectivity index (χ1v) is 12.4. The Bertz CT molecular complexity index is 1260. The van der Waals surface area contributed by atoms with Crippen LogP contribution in [0.2, 0.25) is 0 Å². The second-order valence-corrected chi connectivity index (χ2v) is 10.5. The number of fused-ring (bicyclic) bond motifs is 1. The summed E-state index contributed by atoms with van der Waals surface area (Å²) in [5, 5.41) is 8.29. The normalized spacial score (nSPS) is 21.5. The predicted molar refractivity (Wildman–Crippen MR) is 131 cm³/mol. The SMILES string of the molecule is C=CC(=O)NC1C(C)CN(S(=O)(=O)c2ccc(Nc3cc4ccccc4cn3)cc2)CC1C. The maximum atomic E-state index is 13.3. The van der Waals surface area contributed by atoms with Crippen LogP contribution < -0.4 is 10.6 Å². The van der Waals surface area contributed by atoms with Gasteiger partial charge in [0.1, 0.15) is 5.82 Å². The van der Waals surface area contributed by atoms with Crippen LogP contribution in [-0.4, -0.2) is 42.7 Å². The lowest BCUT2D eigenvalue weighted by Crippen LogP contribution is -2.55. The molecule has 0 saturated carbocycles. The van der Waals surface area contributed by atoms with E-state index >= 15 is 0 Å². The average Bonchev–Trinajstić information content (AvgIpc) is 2.81. The molecule has 1 saturated heterocycles. The van der Waals surface area contributed by atoms with Crippen LogP contribution in [-0.2, 0) is 14.8 Å². The third-order valence-corrected chi connectivity index (χ3v) is 7.94. The Morgan fingerprint density at radius 2 is 1.70 bits per heavy atom. The zero-order valence-corrected chi connectivity index (χ0v) is 19.5. The highest BCUT2D eigenvalue weighted by atomic mass is 32.2. The molecular formula is C25H28N4O3S. The van der Waals surface area contributed by atoms with Gasteiger partial charge < -0.3 is 10.6 Å². The van der Waals surface area contributed by atoms with Crippen molar-refractivity contribution in [3.8, 4) is 0 Å². The average molecular weight is 465 g/mol. The van der Waals surface area contributed by atoms with Crippen LogP contribution in [0.4, 0.5) is 11.5 Å². The number of aromatic nitrogens is 1. The molecule has 1 amide bonds. The van der Waals surface area contributed by atoms with Crippen molar-refractivity contribution >= 4 is 38.2 Å². The summed E-state index contributed by atoms with van der Waals surface area (Å²) in [5.41, 5.74) is 0.754. The van der Waals surface area contributed by atoms with E-state index in [9.17, 15) is 13.2 Å². The number of piperidine rings is 1. The second-order valence-electron chi connectivity index (χ2n) is 8.58. The molecule has 0 radical (unpaired) electrons. The van der Waals surface area contributed by atoms with Crippen LogP contribution in [0.25, 0.3) is 10.8 Å². The first kappa shape index (κ1) is 22.9. The molecule has 1 aromatic heterocycles. The number of anilines is 2. The zero-order valence-electron chi connectivity index (χ0n) is 18.7. The molecule has 2 aromatic carbocycles. The quantitative estimate of drug-likeness (QED) is 0.540. The van der Waals surface area contributed by atoms with Gasteiger partial charge in [-0.3, -0.25) is 4.79 Å². The van der Waals surface area contributed by atoms with Crippen LogP contribution in [0.15, 0.2) is 78.3 Å². The molecule has 0 bridgehead atoms.